The fourth-order valence-electron chi connectivity index (χ4n) is 3.61. The van der Waals surface area contributed by atoms with E-state index in [2.05, 4.69) is 39.4 Å². The molecule has 0 atom stereocenters. The number of halogens is 1. The fraction of sp³-hybridized carbons (Fsp3) is 0.208. The Labute approximate surface area is 170 Å². The Hall–Kier alpha value is -3.18. The summed E-state index contributed by atoms with van der Waals surface area (Å²) in [7, 11) is 0. The standard InChI is InChI=1S/C24H24FN3O/c25-23-9-5-4-8-22(23)24(29)26-20-10-12-21(13-11-20)28-16-14-27(15-17-28)18-19-6-2-1-3-7-19/h1-13H,14-18H2,(H,26,29). The summed E-state index contributed by atoms with van der Waals surface area (Å²) in [6.07, 6.45) is 0. The zero-order chi connectivity index (χ0) is 20.1. The van der Waals surface area contributed by atoms with Gasteiger partial charge in [-0.15, -0.1) is 0 Å². The number of carbonyl (C=O) groups is 1. The Morgan fingerprint density at radius 3 is 2.17 bits per heavy atom. The molecule has 0 aromatic heterocycles. The molecule has 1 heterocycles. The van der Waals surface area contributed by atoms with Gasteiger partial charge in [-0.2, -0.15) is 0 Å². The normalized spacial score (nSPS) is 14.6. The zero-order valence-electron chi connectivity index (χ0n) is 16.2. The molecule has 1 aliphatic heterocycles. The largest absolute Gasteiger partial charge is 0.369 e. The van der Waals surface area contributed by atoms with E-state index in [1.54, 1.807) is 12.1 Å². The zero-order valence-corrected chi connectivity index (χ0v) is 16.2. The van der Waals surface area contributed by atoms with Crippen LogP contribution in [0.2, 0.25) is 0 Å². The van der Waals surface area contributed by atoms with Crippen molar-refractivity contribution in [3.63, 3.8) is 0 Å². The quantitative estimate of drug-likeness (QED) is 0.703. The molecule has 1 N–H and O–H groups in total. The van der Waals surface area contributed by atoms with Crippen LogP contribution in [0, 0.1) is 5.82 Å². The summed E-state index contributed by atoms with van der Waals surface area (Å²) in [6, 6.07) is 24.3. The van der Waals surface area contributed by atoms with Crippen molar-refractivity contribution in [3.05, 3.63) is 95.8 Å². The summed E-state index contributed by atoms with van der Waals surface area (Å²) >= 11 is 0. The van der Waals surface area contributed by atoms with Crippen LogP contribution < -0.4 is 10.2 Å². The first-order valence-corrected chi connectivity index (χ1v) is 9.86. The van der Waals surface area contributed by atoms with Gasteiger partial charge in [-0.25, -0.2) is 4.39 Å². The lowest BCUT2D eigenvalue weighted by Crippen LogP contribution is -2.45. The first kappa shape index (κ1) is 19.2. The van der Waals surface area contributed by atoms with Gasteiger partial charge in [0, 0.05) is 44.1 Å². The molecule has 3 aromatic rings. The highest BCUT2D eigenvalue weighted by Crippen LogP contribution is 2.21. The SMILES string of the molecule is O=C(Nc1ccc(N2CCN(Cc3ccccc3)CC2)cc1)c1ccccc1F. The molecule has 0 saturated carbocycles. The second kappa shape index (κ2) is 8.88. The first-order valence-electron chi connectivity index (χ1n) is 9.86. The number of piperazine rings is 1. The highest BCUT2D eigenvalue weighted by atomic mass is 19.1. The molecule has 148 valence electrons. The molecule has 4 rings (SSSR count). The van der Waals surface area contributed by atoms with Gasteiger partial charge < -0.3 is 10.2 Å². The van der Waals surface area contributed by atoms with Crippen LogP contribution in [0.5, 0.6) is 0 Å². The van der Waals surface area contributed by atoms with Crippen molar-refractivity contribution >= 4 is 17.3 Å². The Bertz CT molecular complexity index is 951. The molecule has 1 saturated heterocycles. The van der Waals surface area contributed by atoms with Gasteiger partial charge in [-0.05, 0) is 42.0 Å². The van der Waals surface area contributed by atoms with Crippen molar-refractivity contribution in [1.29, 1.82) is 0 Å². The van der Waals surface area contributed by atoms with Crippen LogP contribution in [0.4, 0.5) is 15.8 Å². The molecular formula is C24H24FN3O. The summed E-state index contributed by atoms with van der Waals surface area (Å²) < 4.78 is 13.7. The molecule has 5 heteroatoms. The average molecular weight is 389 g/mol. The molecule has 3 aromatic carbocycles. The number of nitrogens with one attached hydrogen (secondary N) is 1. The van der Waals surface area contributed by atoms with Gasteiger partial charge in [0.1, 0.15) is 5.82 Å². The number of amides is 1. The molecule has 0 aliphatic carbocycles. The predicted octanol–water partition coefficient (Wildman–Crippen LogP) is 4.40. The third-order valence-electron chi connectivity index (χ3n) is 5.23. The lowest BCUT2D eigenvalue weighted by Gasteiger charge is -2.36. The van der Waals surface area contributed by atoms with Crippen LogP contribution in [0.15, 0.2) is 78.9 Å². The molecule has 0 radical (unpaired) electrons. The van der Waals surface area contributed by atoms with Gasteiger partial charge in [0.2, 0.25) is 0 Å². The molecular weight excluding hydrogens is 365 g/mol. The van der Waals surface area contributed by atoms with Crippen molar-refractivity contribution in [3.8, 4) is 0 Å². The van der Waals surface area contributed by atoms with Crippen LogP contribution in [-0.2, 0) is 6.54 Å². The monoisotopic (exact) mass is 389 g/mol. The van der Waals surface area contributed by atoms with Gasteiger partial charge in [0.25, 0.3) is 5.91 Å². The highest BCUT2D eigenvalue weighted by molar-refractivity contribution is 6.04. The summed E-state index contributed by atoms with van der Waals surface area (Å²) in [4.78, 5) is 17.1. The number of hydrogen-bond donors (Lipinski definition) is 1. The number of carbonyl (C=O) groups excluding carboxylic acids is 1. The van der Waals surface area contributed by atoms with Crippen molar-refractivity contribution in [2.45, 2.75) is 6.54 Å². The maximum absolute atomic E-state index is 13.7. The molecule has 0 unspecified atom stereocenters. The molecule has 1 fully saturated rings. The van der Waals surface area contributed by atoms with Crippen molar-refractivity contribution in [2.24, 2.45) is 0 Å². The lowest BCUT2D eigenvalue weighted by molar-refractivity contribution is 0.102. The van der Waals surface area contributed by atoms with E-state index in [4.69, 9.17) is 0 Å². The van der Waals surface area contributed by atoms with E-state index in [1.165, 1.54) is 17.7 Å². The van der Waals surface area contributed by atoms with E-state index >= 15 is 0 Å². The van der Waals surface area contributed by atoms with Gasteiger partial charge in [0.05, 0.1) is 5.56 Å². The van der Waals surface area contributed by atoms with Crippen molar-refractivity contribution in [2.75, 3.05) is 36.4 Å². The van der Waals surface area contributed by atoms with E-state index in [9.17, 15) is 9.18 Å². The molecule has 0 bridgehead atoms. The Morgan fingerprint density at radius 2 is 1.48 bits per heavy atom. The van der Waals surface area contributed by atoms with Gasteiger partial charge in [-0.1, -0.05) is 42.5 Å². The number of rotatable bonds is 5. The van der Waals surface area contributed by atoms with Crippen molar-refractivity contribution in [1.82, 2.24) is 4.90 Å². The first-order chi connectivity index (χ1) is 14.2. The smallest absolute Gasteiger partial charge is 0.258 e. The Balaban J connectivity index is 1.32. The third-order valence-corrected chi connectivity index (χ3v) is 5.23. The second-order valence-corrected chi connectivity index (χ2v) is 7.23. The van der Waals surface area contributed by atoms with Crippen LogP contribution >= 0.6 is 0 Å². The van der Waals surface area contributed by atoms with Crippen LogP contribution in [0.25, 0.3) is 0 Å². The number of anilines is 2. The van der Waals surface area contributed by atoms with E-state index < -0.39 is 11.7 Å². The maximum Gasteiger partial charge on any atom is 0.258 e. The lowest BCUT2D eigenvalue weighted by atomic mass is 10.1. The van der Waals surface area contributed by atoms with E-state index in [1.807, 2.05) is 30.3 Å². The van der Waals surface area contributed by atoms with Gasteiger partial charge in [0.15, 0.2) is 0 Å². The van der Waals surface area contributed by atoms with Crippen LogP contribution in [-0.4, -0.2) is 37.0 Å². The molecule has 4 nitrogen and oxygen atoms in total. The second-order valence-electron chi connectivity index (χ2n) is 7.23. The fourth-order valence-corrected chi connectivity index (χ4v) is 3.61. The van der Waals surface area contributed by atoms with E-state index in [-0.39, 0.29) is 5.56 Å². The van der Waals surface area contributed by atoms with Crippen molar-refractivity contribution < 1.29 is 9.18 Å². The Kier molecular flexibility index (Phi) is 5.86. The maximum atomic E-state index is 13.7. The molecule has 0 spiro atoms. The average Bonchev–Trinajstić information content (AvgIpc) is 2.76. The van der Waals surface area contributed by atoms with E-state index in [0.717, 1.165) is 38.4 Å². The van der Waals surface area contributed by atoms with Gasteiger partial charge >= 0.3 is 0 Å². The minimum atomic E-state index is -0.519. The summed E-state index contributed by atoms with van der Waals surface area (Å²) in [5, 5.41) is 2.76. The number of hydrogen-bond acceptors (Lipinski definition) is 3. The predicted molar refractivity (Wildman–Crippen MR) is 115 cm³/mol. The van der Waals surface area contributed by atoms with Gasteiger partial charge in [-0.3, -0.25) is 9.69 Å². The number of nitrogens with zero attached hydrogens (tertiary/aromatic N) is 2. The minimum absolute atomic E-state index is 0.0473. The highest BCUT2D eigenvalue weighted by Gasteiger charge is 2.17. The van der Waals surface area contributed by atoms with Crippen LogP contribution in [0.3, 0.4) is 0 Å². The third kappa shape index (κ3) is 4.81. The summed E-state index contributed by atoms with van der Waals surface area (Å²) in [6.45, 7) is 4.94. The minimum Gasteiger partial charge on any atom is -0.369 e. The number of benzene rings is 3. The summed E-state index contributed by atoms with van der Waals surface area (Å²) in [5.74, 6) is -0.958. The van der Waals surface area contributed by atoms with E-state index in [0.29, 0.717) is 5.69 Å². The van der Waals surface area contributed by atoms with Crippen LogP contribution in [0.1, 0.15) is 15.9 Å². The topological polar surface area (TPSA) is 35.6 Å². The summed E-state index contributed by atoms with van der Waals surface area (Å²) in [5.41, 5.74) is 3.18. The Morgan fingerprint density at radius 1 is 0.828 bits per heavy atom. The molecule has 1 amide bonds. The molecule has 29 heavy (non-hydrogen) atoms. The molecule has 1 aliphatic rings.